The summed E-state index contributed by atoms with van der Waals surface area (Å²) < 4.78 is 15.5. The topological polar surface area (TPSA) is 40.0 Å². The highest BCUT2D eigenvalue weighted by molar-refractivity contribution is 6.14. The van der Waals surface area contributed by atoms with Crippen molar-refractivity contribution in [2.75, 3.05) is 13.5 Å². The maximum atomic E-state index is 5.19. The van der Waals surface area contributed by atoms with E-state index in [0.717, 1.165) is 23.0 Å². The molecule has 0 unspecified atom stereocenters. The van der Waals surface area contributed by atoms with E-state index in [1.165, 1.54) is 0 Å². The van der Waals surface area contributed by atoms with Crippen molar-refractivity contribution in [3.05, 3.63) is 23.4 Å². The normalized spacial score (nSPS) is 24.7. The number of hydrogen-bond donors (Lipinski definition) is 0. The molecular weight excluding hydrogens is 146 g/mol. The Bertz CT molecular complexity index is 304. The third-order valence-corrected chi connectivity index (χ3v) is 1.79. The molecule has 0 amide bonds. The first kappa shape index (κ1) is 5.23. The van der Waals surface area contributed by atoms with Crippen LogP contribution in [0.25, 0.3) is 0 Å². The smallest absolute Gasteiger partial charge is 0.231 e. The maximum Gasteiger partial charge on any atom is 0.231 e. The van der Waals surface area contributed by atoms with Crippen molar-refractivity contribution in [3.63, 3.8) is 0 Å². The Balaban J connectivity index is 2.14. The highest BCUT2D eigenvalue weighted by atomic mass is 16.7. The Kier molecular flexibility index (Phi) is 0.753. The summed E-state index contributed by atoms with van der Waals surface area (Å²) in [6, 6.07) is 0. The SMILES string of the molecule is C1=C2OCN=C2C2=C1OCO2. The van der Waals surface area contributed by atoms with Crippen LogP contribution in [0.4, 0.5) is 0 Å². The fraction of sp³-hybridized carbons (Fsp3) is 0.286. The van der Waals surface area contributed by atoms with Gasteiger partial charge in [0.1, 0.15) is 5.71 Å². The van der Waals surface area contributed by atoms with E-state index >= 15 is 0 Å². The first-order chi connectivity index (χ1) is 5.45. The van der Waals surface area contributed by atoms with Crippen molar-refractivity contribution in [1.29, 1.82) is 0 Å². The van der Waals surface area contributed by atoms with Crippen LogP contribution in [-0.2, 0) is 14.2 Å². The molecule has 0 aromatic carbocycles. The quantitative estimate of drug-likeness (QED) is 0.507. The van der Waals surface area contributed by atoms with Gasteiger partial charge >= 0.3 is 0 Å². The minimum absolute atomic E-state index is 0.299. The molecule has 0 spiro atoms. The van der Waals surface area contributed by atoms with Crippen LogP contribution >= 0.6 is 0 Å². The second kappa shape index (κ2) is 1.58. The van der Waals surface area contributed by atoms with Gasteiger partial charge in [-0.2, -0.15) is 0 Å². The monoisotopic (exact) mass is 151 g/mol. The molecule has 0 N–H and O–H groups in total. The summed E-state index contributed by atoms with van der Waals surface area (Å²) >= 11 is 0. The fourth-order valence-corrected chi connectivity index (χ4v) is 1.31. The summed E-state index contributed by atoms with van der Waals surface area (Å²) in [5.41, 5.74) is 0.803. The zero-order valence-corrected chi connectivity index (χ0v) is 5.66. The van der Waals surface area contributed by atoms with Crippen LogP contribution in [0.15, 0.2) is 28.3 Å². The van der Waals surface area contributed by atoms with Gasteiger partial charge in [0.25, 0.3) is 0 Å². The molecule has 0 radical (unpaired) electrons. The molecule has 4 heteroatoms. The highest BCUT2D eigenvalue weighted by Gasteiger charge is 2.34. The maximum absolute atomic E-state index is 5.19. The van der Waals surface area contributed by atoms with Crippen molar-refractivity contribution >= 4 is 5.71 Å². The number of fused-ring (bicyclic) bond motifs is 2. The second-order valence-corrected chi connectivity index (χ2v) is 2.39. The van der Waals surface area contributed by atoms with Crippen molar-refractivity contribution in [2.24, 2.45) is 4.99 Å². The second-order valence-electron chi connectivity index (χ2n) is 2.39. The van der Waals surface area contributed by atoms with Gasteiger partial charge in [0.2, 0.25) is 6.79 Å². The van der Waals surface area contributed by atoms with Crippen molar-refractivity contribution < 1.29 is 14.2 Å². The summed E-state index contributed by atoms with van der Waals surface area (Å²) in [7, 11) is 0. The molecular formula is C7H5NO3. The average molecular weight is 151 g/mol. The standard InChI is InChI=1S/C7H5NO3/c1-4-6(8-2-9-4)7-5(1)10-3-11-7/h1H,2-3H2. The molecule has 4 nitrogen and oxygen atoms in total. The molecule has 0 aromatic heterocycles. The van der Waals surface area contributed by atoms with Gasteiger partial charge in [-0.15, -0.1) is 0 Å². The van der Waals surface area contributed by atoms with Gasteiger partial charge in [0.05, 0.1) is 0 Å². The van der Waals surface area contributed by atoms with Crippen molar-refractivity contribution in [2.45, 2.75) is 0 Å². The summed E-state index contributed by atoms with van der Waals surface area (Å²) in [5, 5.41) is 0. The lowest BCUT2D eigenvalue weighted by atomic mass is 10.3. The van der Waals surface area contributed by atoms with Gasteiger partial charge in [-0.25, -0.2) is 4.99 Å². The largest absolute Gasteiger partial charge is 0.469 e. The molecule has 56 valence electrons. The lowest BCUT2D eigenvalue weighted by Gasteiger charge is -1.98. The molecule has 0 saturated heterocycles. The van der Waals surface area contributed by atoms with Gasteiger partial charge in [0.15, 0.2) is 24.0 Å². The van der Waals surface area contributed by atoms with Crippen LogP contribution in [0.5, 0.6) is 0 Å². The zero-order chi connectivity index (χ0) is 7.26. The third-order valence-electron chi connectivity index (χ3n) is 1.79. The fourth-order valence-electron chi connectivity index (χ4n) is 1.31. The minimum Gasteiger partial charge on any atom is -0.469 e. The minimum atomic E-state index is 0.299. The van der Waals surface area contributed by atoms with E-state index in [1.807, 2.05) is 6.08 Å². The van der Waals surface area contributed by atoms with E-state index < -0.39 is 0 Å². The molecule has 3 aliphatic rings. The lowest BCUT2D eigenvalue weighted by Crippen LogP contribution is -2.00. The highest BCUT2D eigenvalue weighted by Crippen LogP contribution is 2.32. The number of allylic oxidation sites excluding steroid dienone is 1. The Morgan fingerprint density at radius 2 is 2.27 bits per heavy atom. The molecule has 2 aliphatic heterocycles. The number of aliphatic imine (C=N–C) groups is 1. The molecule has 0 aromatic rings. The van der Waals surface area contributed by atoms with E-state index in [4.69, 9.17) is 14.2 Å². The van der Waals surface area contributed by atoms with Gasteiger partial charge in [-0.1, -0.05) is 0 Å². The molecule has 1 aliphatic carbocycles. The zero-order valence-electron chi connectivity index (χ0n) is 5.66. The van der Waals surface area contributed by atoms with Crippen molar-refractivity contribution in [1.82, 2.24) is 0 Å². The summed E-state index contributed by atoms with van der Waals surface area (Å²) in [4.78, 5) is 4.10. The van der Waals surface area contributed by atoms with E-state index in [2.05, 4.69) is 4.99 Å². The van der Waals surface area contributed by atoms with Crippen LogP contribution in [0.2, 0.25) is 0 Å². The Labute approximate surface area is 62.8 Å². The van der Waals surface area contributed by atoms with Gasteiger partial charge in [-0.3, -0.25) is 0 Å². The first-order valence-corrected chi connectivity index (χ1v) is 3.35. The van der Waals surface area contributed by atoms with Gasteiger partial charge in [0, 0.05) is 6.08 Å². The molecule has 11 heavy (non-hydrogen) atoms. The van der Waals surface area contributed by atoms with E-state index in [0.29, 0.717) is 13.5 Å². The number of ether oxygens (including phenoxy) is 3. The van der Waals surface area contributed by atoms with Crippen LogP contribution < -0.4 is 0 Å². The third kappa shape index (κ3) is 0.520. The van der Waals surface area contributed by atoms with E-state index in [1.54, 1.807) is 0 Å². The predicted octanol–water partition coefficient (Wildman–Crippen LogP) is 0.528. The molecule has 0 atom stereocenters. The molecule has 3 rings (SSSR count). The van der Waals surface area contributed by atoms with Crippen LogP contribution in [0.3, 0.4) is 0 Å². The van der Waals surface area contributed by atoms with Crippen LogP contribution in [0.1, 0.15) is 0 Å². The van der Waals surface area contributed by atoms with Gasteiger partial charge in [-0.05, 0) is 0 Å². The number of rotatable bonds is 0. The number of hydrogen-bond acceptors (Lipinski definition) is 4. The number of nitrogens with zero attached hydrogens (tertiary/aromatic N) is 1. The van der Waals surface area contributed by atoms with Crippen molar-refractivity contribution in [3.8, 4) is 0 Å². The Morgan fingerprint density at radius 3 is 3.27 bits per heavy atom. The lowest BCUT2D eigenvalue weighted by molar-refractivity contribution is 0.0779. The molecule has 2 heterocycles. The summed E-state index contributed by atoms with van der Waals surface area (Å²) in [6.07, 6.45) is 1.81. The van der Waals surface area contributed by atoms with E-state index in [9.17, 15) is 0 Å². The molecule has 0 saturated carbocycles. The Hall–Kier alpha value is -1.45. The van der Waals surface area contributed by atoms with Crippen LogP contribution in [-0.4, -0.2) is 19.2 Å². The average Bonchev–Trinajstić information content (AvgIpc) is 2.52. The molecule has 0 bridgehead atoms. The van der Waals surface area contributed by atoms with Gasteiger partial charge < -0.3 is 14.2 Å². The molecule has 0 fully saturated rings. The summed E-state index contributed by atoms with van der Waals surface area (Å²) in [6.45, 7) is 0.703. The van der Waals surface area contributed by atoms with E-state index in [-0.39, 0.29) is 0 Å². The summed E-state index contributed by atoms with van der Waals surface area (Å²) in [5.74, 6) is 2.26. The Morgan fingerprint density at radius 1 is 1.27 bits per heavy atom. The predicted molar refractivity (Wildman–Crippen MR) is 35.5 cm³/mol. The van der Waals surface area contributed by atoms with Crippen LogP contribution in [0, 0.1) is 0 Å². The first-order valence-electron chi connectivity index (χ1n) is 3.35.